The van der Waals surface area contributed by atoms with E-state index in [1.54, 1.807) is 0 Å². The summed E-state index contributed by atoms with van der Waals surface area (Å²) in [5.74, 6) is 2.16. The van der Waals surface area contributed by atoms with Gasteiger partial charge in [0.25, 0.3) is 0 Å². The Hall–Kier alpha value is -3.24. The SMILES string of the molecule is C[C@@H]1OCC2(CCN(c3cnc4c(N5CCCc6c([C@@H]7CC(=O)N(C)C7)cccc65)n[nH]c4n3)CC2)C1N. The summed E-state index contributed by atoms with van der Waals surface area (Å²) >= 11 is 0. The topological polar surface area (TPSA) is 116 Å². The maximum atomic E-state index is 12.2. The summed E-state index contributed by atoms with van der Waals surface area (Å²) in [5.41, 5.74) is 11.9. The zero-order chi connectivity index (χ0) is 26.0. The fraction of sp³-hybridized carbons (Fsp3) is 0.571. The van der Waals surface area contributed by atoms with Gasteiger partial charge in [-0.15, -0.1) is 0 Å². The summed E-state index contributed by atoms with van der Waals surface area (Å²) in [5, 5.41) is 7.85. The summed E-state index contributed by atoms with van der Waals surface area (Å²) < 4.78 is 5.88. The number of piperidine rings is 1. The number of carbonyl (C=O) groups excluding carboxylic acids is 1. The van der Waals surface area contributed by atoms with Crippen molar-refractivity contribution in [1.29, 1.82) is 0 Å². The van der Waals surface area contributed by atoms with E-state index in [4.69, 9.17) is 25.5 Å². The second-order valence-corrected chi connectivity index (χ2v) is 11.6. The molecule has 0 saturated carbocycles. The summed E-state index contributed by atoms with van der Waals surface area (Å²) in [6.07, 6.45) is 6.64. The molecule has 4 aliphatic heterocycles. The van der Waals surface area contributed by atoms with Crippen molar-refractivity contribution in [2.75, 3.05) is 49.6 Å². The first-order chi connectivity index (χ1) is 18.4. The van der Waals surface area contributed by atoms with Gasteiger partial charge >= 0.3 is 0 Å². The zero-order valence-corrected chi connectivity index (χ0v) is 22.2. The molecule has 3 atom stereocenters. The van der Waals surface area contributed by atoms with Crippen LogP contribution in [0.3, 0.4) is 0 Å². The maximum absolute atomic E-state index is 12.2. The van der Waals surface area contributed by atoms with E-state index in [0.29, 0.717) is 12.1 Å². The number of carbonyl (C=O) groups is 1. The number of hydrogen-bond acceptors (Lipinski definition) is 8. The second-order valence-electron chi connectivity index (χ2n) is 11.6. The zero-order valence-electron chi connectivity index (χ0n) is 22.2. The lowest BCUT2D eigenvalue weighted by atomic mass is 9.73. The van der Waals surface area contributed by atoms with Crippen LogP contribution in [0.1, 0.15) is 49.7 Å². The van der Waals surface area contributed by atoms with Gasteiger partial charge in [-0.05, 0) is 49.8 Å². The molecule has 2 aromatic heterocycles. The molecule has 4 aliphatic rings. The normalized spacial score (nSPS) is 27.1. The molecule has 3 saturated heterocycles. The Labute approximate surface area is 222 Å². The van der Waals surface area contributed by atoms with Gasteiger partial charge in [0.05, 0.1) is 18.9 Å². The second kappa shape index (κ2) is 8.91. The first-order valence-electron chi connectivity index (χ1n) is 13.9. The number of H-pyrrole nitrogens is 1. The molecular formula is C28H36N8O2. The van der Waals surface area contributed by atoms with Gasteiger partial charge in [-0.1, -0.05) is 12.1 Å². The van der Waals surface area contributed by atoms with Crippen LogP contribution in [0, 0.1) is 5.41 Å². The van der Waals surface area contributed by atoms with Crippen molar-refractivity contribution < 1.29 is 9.53 Å². The number of hydrogen-bond donors (Lipinski definition) is 2. The number of nitrogens with one attached hydrogen (secondary N) is 1. The molecule has 1 unspecified atom stereocenters. The highest BCUT2D eigenvalue weighted by atomic mass is 16.5. The third-order valence-corrected chi connectivity index (χ3v) is 9.49. The summed E-state index contributed by atoms with van der Waals surface area (Å²) in [6, 6.07) is 6.57. The Bertz CT molecular complexity index is 1380. The number of rotatable bonds is 3. The standard InChI is InChI=1S/C28H36N8O2/c1-17-25(29)28(16-38-17)8-11-35(12-9-28)22-14-30-24-26(31-22)32-33-27(24)36-10-4-6-20-19(5-3-7-21(20)36)18-13-23(37)34(2)15-18/h3,5,7,14,17-18,25H,4,6,8-13,15-16,29H2,1-2H3,(H,31,32,33)/t17-,18+,25?/m0/s1. The lowest BCUT2D eigenvalue weighted by Gasteiger charge is -2.41. The van der Waals surface area contributed by atoms with Crippen LogP contribution in [0.15, 0.2) is 24.4 Å². The predicted molar refractivity (Wildman–Crippen MR) is 146 cm³/mol. The predicted octanol–water partition coefficient (Wildman–Crippen LogP) is 2.72. The van der Waals surface area contributed by atoms with Crippen LogP contribution in [-0.2, 0) is 16.0 Å². The van der Waals surface area contributed by atoms with E-state index in [0.717, 1.165) is 75.6 Å². The van der Waals surface area contributed by atoms with E-state index in [2.05, 4.69) is 40.0 Å². The quantitative estimate of drug-likeness (QED) is 0.546. The van der Waals surface area contributed by atoms with E-state index in [9.17, 15) is 4.79 Å². The van der Waals surface area contributed by atoms with Crippen molar-refractivity contribution in [3.63, 3.8) is 0 Å². The van der Waals surface area contributed by atoms with Crippen LogP contribution in [0.5, 0.6) is 0 Å². The smallest absolute Gasteiger partial charge is 0.223 e. The highest BCUT2D eigenvalue weighted by Gasteiger charge is 2.47. The third kappa shape index (κ3) is 3.68. The summed E-state index contributed by atoms with van der Waals surface area (Å²) in [6.45, 7) is 6.28. The number of amides is 1. The van der Waals surface area contributed by atoms with Crippen LogP contribution >= 0.6 is 0 Å². The number of anilines is 3. The van der Waals surface area contributed by atoms with Crippen molar-refractivity contribution >= 4 is 34.4 Å². The molecule has 0 aliphatic carbocycles. The van der Waals surface area contributed by atoms with Gasteiger partial charge in [-0.25, -0.2) is 9.97 Å². The molecule has 38 heavy (non-hydrogen) atoms. The van der Waals surface area contributed by atoms with Crippen LogP contribution in [0.25, 0.3) is 11.2 Å². The Kier molecular flexibility index (Phi) is 5.59. The Morgan fingerprint density at radius 2 is 2.05 bits per heavy atom. The van der Waals surface area contributed by atoms with Crippen LogP contribution in [0.4, 0.5) is 17.3 Å². The van der Waals surface area contributed by atoms with Gasteiger partial charge < -0.3 is 25.2 Å². The Balaban J connectivity index is 1.14. The number of likely N-dealkylation sites (N-methyl/N-ethyl adjacent to an activating group) is 1. The average Bonchev–Trinajstić information content (AvgIpc) is 3.60. The van der Waals surface area contributed by atoms with Gasteiger partial charge in [0, 0.05) is 62.7 Å². The van der Waals surface area contributed by atoms with E-state index in [1.807, 2.05) is 18.1 Å². The largest absolute Gasteiger partial charge is 0.376 e. The molecule has 1 aromatic carbocycles. The van der Waals surface area contributed by atoms with Crippen molar-refractivity contribution in [3.8, 4) is 0 Å². The molecule has 6 heterocycles. The van der Waals surface area contributed by atoms with Crippen molar-refractivity contribution in [2.24, 2.45) is 11.1 Å². The van der Waals surface area contributed by atoms with Crippen LogP contribution in [-0.4, -0.2) is 83.0 Å². The summed E-state index contributed by atoms with van der Waals surface area (Å²) in [7, 11) is 1.90. The minimum Gasteiger partial charge on any atom is -0.376 e. The van der Waals surface area contributed by atoms with Gasteiger partial charge in [0.15, 0.2) is 17.0 Å². The molecule has 0 bridgehead atoms. The number of benzene rings is 1. The first kappa shape index (κ1) is 23.8. The number of nitrogens with two attached hydrogens (primary N) is 1. The Morgan fingerprint density at radius 1 is 1.21 bits per heavy atom. The molecule has 3 aromatic rings. The molecule has 3 fully saturated rings. The maximum Gasteiger partial charge on any atom is 0.223 e. The summed E-state index contributed by atoms with van der Waals surface area (Å²) in [4.78, 5) is 28.4. The molecule has 200 valence electrons. The van der Waals surface area contributed by atoms with E-state index < -0.39 is 0 Å². The van der Waals surface area contributed by atoms with Crippen LogP contribution < -0.4 is 15.5 Å². The average molecular weight is 517 g/mol. The number of fused-ring (bicyclic) bond motifs is 2. The fourth-order valence-corrected chi connectivity index (χ4v) is 7.10. The highest BCUT2D eigenvalue weighted by Crippen LogP contribution is 2.43. The molecular weight excluding hydrogens is 480 g/mol. The molecule has 7 rings (SSSR count). The minimum absolute atomic E-state index is 0.0797. The monoisotopic (exact) mass is 516 g/mol. The van der Waals surface area contributed by atoms with E-state index in [1.165, 1.54) is 16.8 Å². The number of likely N-dealkylation sites (tertiary alicyclic amines) is 1. The first-order valence-corrected chi connectivity index (χ1v) is 13.9. The minimum atomic E-state index is 0.0797. The van der Waals surface area contributed by atoms with Gasteiger partial charge in [-0.3, -0.25) is 9.89 Å². The molecule has 10 nitrogen and oxygen atoms in total. The number of nitrogens with zero attached hydrogens (tertiary/aromatic N) is 6. The molecule has 1 amide bonds. The van der Waals surface area contributed by atoms with E-state index >= 15 is 0 Å². The van der Waals surface area contributed by atoms with Crippen molar-refractivity contribution in [3.05, 3.63) is 35.5 Å². The fourth-order valence-electron chi connectivity index (χ4n) is 7.10. The third-order valence-electron chi connectivity index (χ3n) is 9.49. The van der Waals surface area contributed by atoms with Crippen molar-refractivity contribution in [1.82, 2.24) is 25.1 Å². The molecule has 3 N–H and O–H groups in total. The van der Waals surface area contributed by atoms with E-state index in [-0.39, 0.29) is 29.4 Å². The van der Waals surface area contributed by atoms with Gasteiger partial charge in [0.2, 0.25) is 5.91 Å². The lowest BCUT2D eigenvalue weighted by Crippen LogP contribution is -2.50. The molecule has 0 radical (unpaired) electrons. The van der Waals surface area contributed by atoms with Gasteiger partial charge in [0.1, 0.15) is 5.82 Å². The Morgan fingerprint density at radius 3 is 2.79 bits per heavy atom. The van der Waals surface area contributed by atoms with Crippen molar-refractivity contribution in [2.45, 2.75) is 57.1 Å². The molecule has 1 spiro atoms. The van der Waals surface area contributed by atoms with Gasteiger partial charge in [-0.2, -0.15) is 5.10 Å². The number of aromatic amines is 1. The number of ether oxygens (including phenoxy) is 1. The molecule has 10 heteroatoms. The highest BCUT2D eigenvalue weighted by molar-refractivity contribution is 5.88. The van der Waals surface area contributed by atoms with Crippen LogP contribution in [0.2, 0.25) is 0 Å². The lowest BCUT2D eigenvalue weighted by molar-refractivity contribution is -0.126. The number of aromatic nitrogens is 4.